The lowest BCUT2D eigenvalue weighted by Gasteiger charge is -2.10. The van der Waals surface area contributed by atoms with Crippen molar-refractivity contribution in [3.05, 3.63) is 59.9 Å². The second-order valence-electron chi connectivity index (χ2n) is 5.66. The van der Waals surface area contributed by atoms with Crippen LogP contribution in [0.5, 0.6) is 11.5 Å². The second kappa shape index (κ2) is 8.91. The van der Waals surface area contributed by atoms with Gasteiger partial charge in [-0.2, -0.15) is 0 Å². The third kappa shape index (κ3) is 5.91. The van der Waals surface area contributed by atoms with Crippen molar-refractivity contribution in [3.63, 3.8) is 0 Å². The van der Waals surface area contributed by atoms with Crippen molar-refractivity contribution in [2.45, 2.75) is 19.8 Å². The zero-order chi connectivity index (χ0) is 17.4. The predicted molar refractivity (Wildman–Crippen MR) is 90.9 cm³/mol. The zero-order valence-corrected chi connectivity index (χ0v) is 13.9. The lowest BCUT2D eigenvalue weighted by atomic mass is 10.0. The quantitative estimate of drug-likeness (QED) is 0.753. The van der Waals surface area contributed by atoms with Gasteiger partial charge in [-0.05, 0) is 47.9 Å². The largest absolute Gasteiger partial charge is 0.492 e. The molecule has 2 aromatic rings. The molecule has 0 aliphatic carbocycles. The molecular formula is C19H22FNO3. The molecule has 1 N–H and O–H groups in total. The third-order valence-corrected chi connectivity index (χ3v) is 3.42. The normalized spacial score (nSPS) is 10.5. The van der Waals surface area contributed by atoms with E-state index in [1.165, 1.54) is 17.7 Å². The van der Waals surface area contributed by atoms with E-state index in [0.29, 0.717) is 30.6 Å². The number of amides is 1. The molecule has 0 aliphatic rings. The third-order valence-electron chi connectivity index (χ3n) is 3.42. The van der Waals surface area contributed by atoms with Crippen LogP contribution in [0.4, 0.5) is 4.39 Å². The van der Waals surface area contributed by atoms with E-state index in [-0.39, 0.29) is 18.3 Å². The molecular weight excluding hydrogens is 309 g/mol. The van der Waals surface area contributed by atoms with Gasteiger partial charge < -0.3 is 14.8 Å². The first-order valence-corrected chi connectivity index (χ1v) is 7.92. The van der Waals surface area contributed by atoms with Crippen LogP contribution < -0.4 is 14.8 Å². The van der Waals surface area contributed by atoms with Crippen molar-refractivity contribution in [3.8, 4) is 11.5 Å². The number of carbonyl (C=O) groups is 1. The van der Waals surface area contributed by atoms with Gasteiger partial charge in [0.15, 0.2) is 6.61 Å². The summed E-state index contributed by atoms with van der Waals surface area (Å²) in [6, 6.07) is 13.4. The van der Waals surface area contributed by atoms with Crippen LogP contribution in [-0.4, -0.2) is 25.7 Å². The van der Waals surface area contributed by atoms with Gasteiger partial charge in [-0.3, -0.25) is 4.79 Å². The number of hydrogen-bond acceptors (Lipinski definition) is 3. The van der Waals surface area contributed by atoms with Crippen molar-refractivity contribution >= 4 is 5.91 Å². The van der Waals surface area contributed by atoms with Gasteiger partial charge in [-0.1, -0.05) is 26.0 Å². The lowest BCUT2D eigenvalue weighted by Crippen LogP contribution is -2.32. The number of rotatable bonds is 8. The van der Waals surface area contributed by atoms with Gasteiger partial charge >= 0.3 is 0 Å². The van der Waals surface area contributed by atoms with E-state index in [4.69, 9.17) is 9.47 Å². The van der Waals surface area contributed by atoms with E-state index in [0.717, 1.165) is 0 Å². The summed E-state index contributed by atoms with van der Waals surface area (Å²) in [4.78, 5) is 11.7. The highest BCUT2D eigenvalue weighted by Gasteiger charge is 2.04. The van der Waals surface area contributed by atoms with E-state index < -0.39 is 0 Å². The first kappa shape index (κ1) is 17.8. The van der Waals surface area contributed by atoms with E-state index in [1.807, 2.05) is 24.3 Å². The molecule has 5 heteroatoms. The molecule has 2 aromatic carbocycles. The molecule has 0 fully saturated rings. The Morgan fingerprint density at radius 3 is 2.21 bits per heavy atom. The van der Waals surface area contributed by atoms with Gasteiger partial charge in [0.1, 0.15) is 23.9 Å². The Morgan fingerprint density at radius 1 is 1.00 bits per heavy atom. The number of benzene rings is 2. The first-order valence-electron chi connectivity index (χ1n) is 7.92. The number of halogens is 1. The van der Waals surface area contributed by atoms with E-state index in [9.17, 15) is 9.18 Å². The number of ether oxygens (including phenoxy) is 2. The predicted octanol–water partition coefficient (Wildman–Crippen LogP) is 3.52. The van der Waals surface area contributed by atoms with Crippen molar-refractivity contribution in [1.82, 2.24) is 5.32 Å². The van der Waals surface area contributed by atoms with Crippen molar-refractivity contribution < 1.29 is 18.7 Å². The zero-order valence-electron chi connectivity index (χ0n) is 13.9. The molecule has 128 valence electrons. The van der Waals surface area contributed by atoms with Gasteiger partial charge in [-0.25, -0.2) is 4.39 Å². The average Bonchev–Trinajstić information content (AvgIpc) is 2.59. The van der Waals surface area contributed by atoms with Crippen LogP contribution in [0.3, 0.4) is 0 Å². The summed E-state index contributed by atoms with van der Waals surface area (Å²) >= 11 is 0. The topological polar surface area (TPSA) is 47.6 Å². The van der Waals surface area contributed by atoms with Crippen molar-refractivity contribution in [2.75, 3.05) is 19.8 Å². The van der Waals surface area contributed by atoms with Crippen LogP contribution in [-0.2, 0) is 4.79 Å². The summed E-state index contributed by atoms with van der Waals surface area (Å²) in [6.07, 6.45) is 0. The Labute approximate surface area is 141 Å². The van der Waals surface area contributed by atoms with E-state index in [2.05, 4.69) is 19.2 Å². The molecule has 0 radical (unpaired) electrons. The molecule has 1 amide bonds. The molecule has 0 bridgehead atoms. The number of nitrogens with one attached hydrogen (secondary N) is 1. The summed E-state index contributed by atoms with van der Waals surface area (Å²) in [5.41, 5.74) is 1.23. The first-order chi connectivity index (χ1) is 11.5. The summed E-state index contributed by atoms with van der Waals surface area (Å²) in [5, 5.41) is 2.70. The number of carbonyl (C=O) groups excluding carboxylic acids is 1. The molecule has 0 unspecified atom stereocenters. The molecule has 2 rings (SSSR count). The highest BCUT2D eigenvalue weighted by Crippen LogP contribution is 2.18. The maximum absolute atomic E-state index is 12.7. The molecule has 0 aliphatic heterocycles. The average molecular weight is 331 g/mol. The SMILES string of the molecule is CC(C)c1ccc(OCC(=O)NCCOc2ccc(F)cc2)cc1. The van der Waals surface area contributed by atoms with Gasteiger partial charge in [0, 0.05) is 0 Å². The minimum absolute atomic E-state index is 0.0441. The minimum atomic E-state index is -0.311. The molecule has 4 nitrogen and oxygen atoms in total. The standard InChI is InChI=1S/C19H22FNO3/c1-14(2)15-3-7-18(8-4-15)24-13-19(22)21-11-12-23-17-9-5-16(20)6-10-17/h3-10,14H,11-13H2,1-2H3,(H,21,22). The Morgan fingerprint density at radius 2 is 1.58 bits per heavy atom. The molecule has 24 heavy (non-hydrogen) atoms. The fourth-order valence-corrected chi connectivity index (χ4v) is 2.04. The van der Waals surface area contributed by atoms with Gasteiger partial charge in [0.2, 0.25) is 0 Å². The van der Waals surface area contributed by atoms with Crippen molar-refractivity contribution in [1.29, 1.82) is 0 Å². The van der Waals surface area contributed by atoms with E-state index in [1.54, 1.807) is 12.1 Å². The second-order valence-corrected chi connectivity index (χ2v) is 5.66. The maximum Gasteiger partial charge on any atom is 0.258 e. The highest BCUT2D eigenvalue weighted by atomic mass is 19.1. The summed E-state index contributed by atoms with van der Waals surface area (Å²) in [5.74, 6) is 1.16. The van der Waals surface area contributed by atoms with Gasteiger partial charge in [0.25, 0.3) is 5.91 Å². The molecule has 0 saturated carbocycles. The Balaban J connectivity index is 1.63. The smallest absolute Gasteiger partial charge is 0.258 e. The fourth-order valence-electron chi connectivity index (χ4n) is 2.04. The summed E-state index contributed by atoms with van der Waals surface area (Å²) < 4.78 is 23.6. The summed E-state index contributed by atoms with van der Waals surface area (Å²) in [6.45, 7) is 4.86. The molecule has 0 atom stereocenters. The van der Waals surface area contributed by atoms with Gasteiger partial charge in [0.05, 0.1) is 6.54 Å². The van der Waals surface area contributed by atoms with Crippen LogP contribution in [0.1, 0.15) is 25.3 Å². The highest BCUT2D eigenvalue weighted by molar-refractivity contribution is 5.77. The van der Waals surface area contributed by atoms with Gasteiger partial charge in [-0.15, -0.1) is 0 Å². The fraction of sp³-hybridized carbons (Fsp3) is 0.316. The van der Waals surface area contributed by atoms with E-state index >= 15 is 0 Å². The van der Waals surface area contributed by atoms with Crippen LogP contribution in [0.15, 0.2) is 48.5 Å². The minimum Gasteiger partial charge on any atom is -0.492 e. The van der Waals surface area contributed by atoms with Crippen LogP contribution in [0.2, 0.25) is 0 Å². The molecule has 0 heterocycles. The molecule has 0 saturated heterocycles. The summed E-state index contributed by atoms with van der Waals surface area (Å²) in [7, 11) is 0. The van der Waals surface area contributed by atoms with Crippen LogP contribution in [0.25, 0.3) is 0 Å². The Kier molecular flexibility index (Phi) is 6.61. The molecule has 0 aromatic heterocycles. The maximum atomic E-state index is 12.7. The van der Waals surface area contributed by atoms with Crippen LogP contribution in [0, 0.1) is 5.82 Å². The molecule has 0 spiro atoms. The Hall–Kier alpha value is -2.56. The van der Waals surface area contributed by atoms with Crippen molar-refractivity contribution in [2.24, 2.45) is 0 Å². The lowest BCUT2D eigenvalue weighted by molar-refractivity contribution is -0.123. The monoisotopic (exact) mass is 331 g/mol. The number of hydrogen-bond donors (Lipinski definition) is 1. The Bertz CT molecular complexity index is 639. The van der Waals surface area contributed by atoms with Crippen LogP contribution >= 0.6 is 0 Å².